The second kappa shape index (κ2) is 17.7. The number of rotatable bonds is 13. The van der Waals surface area contributed by atoms with Crippen LogP contribution in [0, 0.1) is 0 Å². The summed E-state index contributed by atoms with van der Waals surface area (Å²) in [5, 5.41) is 10.2. The number of carboxylic acid groups (broad SMARTS) is 1. The lowest BCUT2D eigenvalue weighted by Gasteiger charge is -2.12. The predicted octanol–water partition coefficient (Wildman–Crippen LogP) is 8.44. The van der Waals surface area contributed by atoms with Crippen LogP contribution in [0.5, 0.6) is 11.5 Å². The van der Waals surface area contributed by atoms with Gasteiger partial charge in [0, 0.05) is 45.4 Å². The van der Waals surface area contributed by atoms with E-state index in [9.17, 15) is 9.59 Å². The smallest absolute Gasteiger partial charge is 0.356 e. The first-order valence-corrected chi connectivity index (χ1v) is 15.1. The molecule has 0 radical (unpaired) electrons. The number of benzene rings is 2. The van der Waals surface area contributed by atoms with Crippen molar-refractivity contribution >= 4 is 35.1 Å². The highest BCUT2D eigenvalue weighted by molar-refractivity contribution is 6.31. The van der Waals surface area contributed by atoms with E-state index in [4.69, 9.17) is 42.5 Å². The number of nitrogens with zero attached hydrogens (tertiary/aromatic N) is 2. The van der Waals surface area contributed by atoms with Crippen molar-refractivity contribution in [1.82, 2.24) is 9.97 Å². The minimum atomic E-state index is -1.05. The molecule has 1 N–H and O–H groups in total. The zero-order valence-electron chi connectivity index (χ0n) is 26.0. The highest BCUT2D eigenvalue weighted by Crippen LogP contribution is 2.27. The summed E-state index contributed by atoms with van der Waals surface area (Å²) in [5.41, 5.74) is 5.28. The number of ether oxygens (including phenoxy) is 3. The highest BCUT2D eigenvalue weighted by atomic mass is 35.5. The Bertz CT molecular complexity index is 1710. The van der Waals surface area contributed by atoms with Crippen LogP contribution in [0.1, 0.15) is 64.3 Å². The number of aromatic nitrogens is 2. The van der Waals surface area contributed by atoms with E-state index >= 15 is 0 Å². The van der Waals surface area contributed by atoms with Gasteiger partial charge in [-0.15, -0.1) is 0 Å². The Hall–Kier alpha value is -4.66. The molecule has 10 heteroatoms. The van der Waals surface area contributed by atoms with Gasteiger partial charge in [0.15, 0.2) is 0 Å². The molecule has 0 amide bonds. The van der Waals surface area contributed by atoms with Crippen LogP contribution in [-0.2, 0) is 17.6 Å². The van der Waals surface area contributed by atoms with E-state index in [0.717, 1.165) is 33.7 Å². The van der Waals surface area contributed by atoms with E-state index in [-0.39, 0.29) is 5.69 Å². The molecular weight excluding hydrogens is 627 g/mol. The Morgan fingerprint density at radius 2 is 1.20 bits per heavy atom. The lowest BCUT2D eigenvalue weighted by molar-refractivity contribution is 0.0518. The second-order valence-corrected chi connectivity index (χ2v) is 11.3. The molecule has 0 aliphatic rings. The Morgan fingerprint density at radius 1 is 0.739 bits per heavy atom. The van der Waals surface area contributed by atoms with Crippen LogP contribution in [0.3, 0.4) is 0 Å². The zero-order chi connectivity index (χ0) is 33.6. The molecule has 0 aliphatic heterocycles. The largest absolute Gasteiger partial charge is 0.489 e. The number of carboxylic acids is 1. The third-order valence-electron chi connectivity index (χ3n) is 6.05. The van der Waals surface area contributed by atoms with Crippen molar-refractivity contribution in [2.75, 3.05) is 19.8 Å². The van der Waals surface area contributed by atoms with Crippen molar-refractivity contribution in [3.8, 4) is 11.5 Å². The topological polar surface area (TPSA) is 108 Å². The monoisotopic (exact) mass is 662 g/mol. The number of halogens is 2. The van der Waals surface area contributed by atoms with Gasteiger partial charge in [0.25, 0.3) is 0 Å². The fourth-order valence-corrected chi connectivity index (χ4v) is 4.43. The maximum Gasteiger partial charge on any atom is 0.356 e. The summed E-state index contributed by atoms with van der Waals surface area (Å²) < 4.78 is 16.4. The standard InChI is InChI=1S/C19H20ClNO3.C17H16ClNO3/c1-4-23-19(22)17-7-5-6-16(21-17)11-14-10-15(20)8-9-18(14)24-12-13(2)3;1-11(2)10-22-16-7-6-13(18)8-12(16)9-14-4-3-5-15(19-14)17(20)21/h5-10H,2,4,11-12H2,1,3H3;3-8H,1,9-10H2,2H3,(H,20,21). The van der Waals surface area contributed by atoms with Crippen LogP contribution in [0.25, 0.3) is 0 Å². The molecular formula is C36H36Cl2N2O6. The molecule has 0 saturated carbocycles. The van der Waals surface area contributed by atoms with Crippen LogP contribution in [0.4, 0.5) is 0 Å². The molecule has 0 atom stereocenters. The van der Waals surface area contributed by atoms with Gasteiger partial charge in [0.05, 0.1) is 6.61 Å². The average Bonchev–Trinajstić information content (AvgIpc) is 3.01. The molecule has 4 aromatic rings. The first-order chi connectivity index (χ1) is 21.9. The van der Waals surface area contributed by atoms with Crippen molar-refractivity contribution in [3.63, 3.8) is 0 Å². The summed E-state index contributed by atoms with van der Waals surface area (Å²) in [7, 11) is 0. The first-order valence-electron chi connectivity index (χ1n) is 14.4. The van der Waals surface area contributed by atoms with Gasteiger partial charge >= 0.3 is 11.9 Å². The summed E-state index contributed by atoms with van der Waals surface area (Å²) in [6.45, 7) is 14.4. The molecule has 0 spiro atoms. The molecule has 2 aromatic carbocycles. The zero-order valence-corrected chi connectivity index (χ0v) is 27.5. The Labute approximate surface area is 279 Å². The third kappa shape index (κ3) is 11.7. The molecule has 2 aromatic heterocycles. The maximum absolute atomic E-state index is 11.8. The lowest BCUT2D eigenvalue weighted by atomic mass is 10.1. The average molecular weight is 664 g/mol. The number of hydrogen-bond donors (Lipinski definition) is 1. The number of hydrogen-bond acceptors (Lipinski definition) is 7. The van der Waals surface area contributed by atoms with Crippen LogP contribution >= 0.6 is 23.2 Å². The van der Waals surface area contributed by atoms with Gasteiger partial charge in [-0.1, -0.05) is 48.5 Å². The highest BCUT2D eigenvalue weighted by Gasteiger charge is 2.12. The normalized spacial score (nSPS) is 10.3. The summed E-state index contributed by atoms with van der Waals surface area (Å²) in [6, 6.07) is 21.0. The van der Waals surface area contributed by atoms with E-state index in [1.807, 2.05) is 32.0 Å². The molecule has 46 heavy (non-hydrogen) atoms. The summed E-state index contributed by atoms with van der Waals surface area (Å²) >= 11 is 12.1. The molecule has 0 fully saturated rings. The van der Waals surface area contributed by atoms with E-state index < -0.39 is 11.9 Å². The van der Waals surface area contributed by atoms with E-state index in [2.05, 4.69) is 23.1 Å². The molecule has 0 aliphatic carbocycles. The van der Waals surface area contributed by atoms with Crippen molar-refractivity contribution < 1.29 is 28.9 Å². The Morgan fingerprint density at radius 3 is 1.63 bits per heavy atom. The maximum atomic E-state index is 11.8. The van der Waals surface area contributed by atoms with Gasteiger partial charge in [0.2, 0.25) is 0 Å². The number of carbonyl (C=O) groups is 2. The van der Waals surface area contributed by atoms with Crippen LogP contribution in [0.2, 0.25) is 10.0 Å². The number of aromatic carboxylic acids is 1. The van der Waals surface area contributed by atoms with Crippen molar-refractivity contribution in [2.24, 2.45) is 0 Å². The van der Waals surface area contributed by atoms with Gasteiger partial charge in [0.1, 0.15) is 36.1 Å². The van der Waals surface area contributed by atoms with E-state index in [0.29, 0.717) is 59.8 Å². The van der Waals surface area contributed by atoms with Crippen molar-refractivity contribution in [2.45, 2.75) is 33.6 Å². The number of carbonyl (C=O) groups excluding carboxylic acids is 1. The SMILES string of the molecule is C=C(C)COc1ccc(Cl)cc1Cc1cccc(C(=O)O)n1.C=C(C)COc1ccc(Cl)cc1Cc1cccc(C(=O)OCC)n1. The molecule has 0 unspecified atom stereocenters. The quantitative estimate of drug-likeness (QED) is 0.112. The molecule has 0 bridgehead atoms. The van der Waals surface area contributed by atoms with Gasteiger partial charge in [-0.2, -0.15) is 0 Å². The molecule has 240 valence electrons. The van der Waals surface area contributed by atoms with Crippen LogP contribution in [0.15, 0.2) is 97.1 Å². The summed E-state index contributed by atoms with van der Waals surface area (Å²) in [4.78, 5) is 31.3. The minimum absolute atomic E-state index is 0.0175. The van der Waals surface area contributed by atoms with E-state index in [1.54, 1.807) is 55.5 Å². The van der Waals surface area contributed by atoms with Gasteiger partial charge in [-0.3, -0.25) is 0 Å². The molecule has 2 heterocycles. The van der Waals surface area contributed by atoms with Gasteiger partial charge < -0.3 is 19.3 Å². The Balaban J connectivity index is 0.000000251. The minimum Gasteiger partial charge on any atom is -0.489 e. The lowest BCUT2D eigenvalue weighted by Crippen LogP contribution is -2.08. The molecule has 8 nitrogen and oxygen atoms in total. The van der Waals surface area contributed by atoms with Crippen LogP contribution in [-0.4, -0.2) is 46.8 Å². The molecule has 4 rings (SSSR count). The van der Waals surface area contributed by atoms with Gasteiger partial charge in [-0.25, -0.2) is 19.6 Å². The number of esters is 1. The number of pyridine rings is 2. The Kier molecular flexibility index (Phi) is 13.8. The third-order valence-corrected chi connectivity index (χ3v) is 6.52. The summed E-state index contributed by atoms with van der Waals surface area (Å²) in [5.74, 6) is -0.0587. The fraction of sp³-hybridized carbons (Fsp3) is 0.222. The fourth-order valence-electron chi connectivity index (χ4n) is 4.04. The van der Waals surface area contributed by atoms with Gasteiger partial charge in [-0.05, 0) is 92.6 Å². The predicted molar refractivity (Wildman–Crippen MR) is 181 cm³/mol. The van der Waals surface area contributed by atoms with Crippen LogP contribution < -0.4 is 9.47 Å². The molecule has 0 saturated heterocycles. The second-order valence-electron chi connectivity index (χ2n) is 10.4. The van der Waals surface area contributed by atoms with Crippen molar-refractivity contribution in [1.29, 1.82) is 0 Å². The van der Waals surface area contributed by atoms with E-state index in [1.165, 1.54) is 6.07 Å². The van der Waals surface area contributed by atoms with Crippen molar-refractivity contribution in [3.05, 3.63) is 141 Å². The summed E-state index contributed by atoms with van der Waals surface area (Å²) in [6.07, 6.45) is 0.937. The first kappa shape index (κ1) is 35.8.